The molecule has 1 amide bonds. The highest BCUT2D eigenvalue weighted by molar-refractivity contribution is 5.96. The first kappa shape index (κ1) is 12.1. The summed E-state index contributed by atoms with van der Waals surface area (Å²) in [6.45, 7) is 3.52. The topological polar surface area (TPSA) is 81.2 Å². The van der Waals surface area contributed by atoms with Gasteiger partial charge in [-0.1, -0.05) is 18.0 Å². The van der Waals surface area contributed by atoms with Crippen LogP contribution in [0.3, 0.4) is 0 Å². The molecule has 1 fully saturated rings. The van der Waals surface area contributed by atoms with Crippen LogP contribution in [-0.2, 0) is 0 Å². The zero-order valence-electron chi connectivity index (χ0n) is 10.3. The summed E-state index contributed by atoms with van der Waals surface area (Å²) in [4.78, 5) is 12.1. The third kappa shape index (κ3) is 2.49. The Labute approximate surface area is 101 Å². The maximum Gasteiger partial charge on any atom is 0.257 e. The van der Waals surface area contributed by atoms with Crippen LogP contribution in [0.25, 0.3) is 0 Å². The normalized spacial score (nSPS) is 24.6. The van der Waals surface area contributed by atoms with E-state index in [4.69, 9.17) is 10.3 Å². The molecule has 0 unspecified atom stereocenters. The third-order valence-electron chi connectivity index (χ3n) is 3.40. The summed E-state index contributed by atoms with van der Waals surface area (Å²) in [5, 5.41) is 6.77. The van der Waals surface area contributed by atoms with Crippen LogP contribution in [0, 0.1) is 13.8 Å². The Morgan fingerprint density at radius 2 is 2.12 bits per heavy atom. The van der Waals surface area contributed by atoms with Gasteiger partial charge < -0.3 is 15.6 Å². The molecule has 1 aromatic rings. The first-order valence-corrected chi connectivity index (χ1v) is 6.09. The number of aromatic nitrogens is 1. The van der Waals surface area contributed by atoms with Gasteiger partial charge in [-0.15, -0.1) is 0 Å². The zero-order valence-corrected chi connectivity index (χ0v) is 10.3. The van der Waals surface area contributed by atoms with E-state index in [0.717, 1.165) is 25.7 Å². The van der Waals surface area contributed by atoms with E-state index in [9.17, 15) is 4.79 Å². The number of carbonyl (C=O) groups excluding carboxylic acids is 1. The zero-order chi connectivity index (χ0) is 12.4. The lowest BCUT2D eigenvalue weighted by Crippen LogP contribution is -2.49. The molecule has 94 valence electrons. The molecule has 5 nitrogen and oxygen atoms in total. The Morgan fingerprint density at radius 1 is 1.41 bits per heavy atom. The summed E-state index contributed by atoms with van der Waals surface area (Å²) in [6.07, 6.45) is 4.21. The van der Waals surface area contributed by atoms with Gasteiger partial charge in [0.1, 0.15) is 11.3 Å². The predicted molar refractivity (Wildman–Crippen MR) is 63.7 cm³/mol. The maximum atomic E-state index is 12.1. The quantitative estimate of drug-likeness (QED) is 0.812. The summed E-state index contributed by atoms with van der Waals surface area (Å²) in [5.41, 5.74) is 7.18. The molecule has 17 heavy (non-hydrogen) atoms. The van der Waals surface area contributed by atoms with Crippen molar-refractivity contribution in [3.05, 3.63) is 17.0 Å². The molecule has 2 rings (SSSR count). The van der Waals surface area contributed by atoms with E-state index in [2.05, 4.69) is 10.5 Å². The molecule has 1 aromatic heterocycles. The van der Waals surface area contributed by atoms with Gasteiger partial charge in [0, 0.05) is 12.1 Å². The fourth-order valence-corrected chi connectivity index (χ4v) is 2.39. The van der Waals surface area contributed by atoms with Crippen LogP contribution in [0.5, 0.6) is 0 Å². The van der Waals surface area contributed by atoms with Gasteiger partial charge in [-0.2, -0.15) is 0 Å². The number of nitrogens with two attached hydrogens (primary N) is 1. The van der Waals surface area contributed by atoms with Gasteiger partial charge in [0.15, 0.2) is 0 Å². The van der Waals surface area contributed by atoms with Gasteiger partial charge in [0.05, 0.1) is 5.69 Å². The van der Waals surface area contributed by atoms with Crippen molar-refractivity contribution in [1.29, 1.82) is 0 Å². The average Bonchev–Trinajstić information content (AvgIpc) is 2.62. The van der Waals surface area contributed by atoms with Gasteiger partial charge in [-0.25, -0.2) is 0 Å². The smallest absolute Gasteiger partial charge is 0.257 e. The lowest BCUT2D eigenvalue weighted by molar-refractivity contribution is 0.0919. The van der Waals surface area contributed by atoms with E-state index in [1.165, 1.54) is 0 Å². The molecule has 0 spiro atoms. The molecule has 1 aliphatic rings. The van der Waals surface area contributed by atoms with Crippen LogP contribution in [-0.4, -0.2) is 23.1 Å². The highest BCUT2D eigenvalue weighted by Crippen LogP contribution is 2.18. The van der Waals surface area contributed by atoms with Crippen LogP contribution in [0.2, 0.25) is 0 Å². The van der Waals surface area contributed by atoms with Crippen LogP contribution in [0.4, 0.5) is 0 Å². The largest absolute Gasteiger partial charge is 0.361 e. The number of carbonyl (C=O) groups is 1. The minimum atomic E-state index is -0.122. The molecule has 0 radical (unpaired) electrons. The average molecular weight is 237 g/mol. The molecule has 2 atom stereocenters. The lowest BCUT2D eigenvalue weighted by atomic mass is 9.91. The van der Waals surface area contributed by atoms with Crippen molar-refractivity contribution in [1.82, 2.24) is 10.5 Å². The SMILES string of the molecule is Cc1noc(C)c1C(=O)N[C@@H]1CCCC[C@H]1N. The van der Waals surface area contributed by atoms with Crippen molar-refractivity contribution in [2.75, 3.05) is 0 Å². The Bertz CT molecular complexity index is 394. The summed E-state index contributed by atoms with van der Waals surface area (Å²) in [6, 6.07) is 0.137. The van der Waals surface area contributed by atoms with E-state index in [-0.39, 0.29) is 18.0 Å². The monoisotopic (exact) mass is 237 g/mol. The second kappa shape index (κ2) is 4.87. The van der Waals surface area contributed by atoms with Crippen molar-refractivity contribution in [3.8, 4) is 0 Å². The Hall–Kier alpha value is -1.36. The summed E-state index contributed by atoms with van der Waals surface area (Å²) in [5.74, 6) is 0.438. The first-order chi connectivity index (χ1) is 8.09. The van der Waals surface area contributed by atoms with E-state index >= 15 is 0 Å². The maximum absolute atomic E-state index is 12.1. The minimum Gasteiger partial charge on any atom is -0.361 e. The fraction of sp³-hybridized carbons (Fsp3) is 0.667. The molecule has 1 heterocycles. The van der Waals surface area contributed by atoms with Crippen LogP contribution < -0.4 is 11.1 Å². The molecule has 5 heteroatoms. The molecular formula is C12H19N3O2. The number of amides is 1. The number of rotatable bonds is 2. The molecular weight excluding hydrogens is 218 g/mol. The number of nitrogens with one attached hydrogen (secondary N) is 1. The standard InChI is InChI=1S/C12H19N3O2/c1-7-11(8(2)17-15-7)12(16)14-10-6-4-3-5-9(10)13/h9-10H,3-6,13H2,1-2H3,(H,14,16)/t9-,10-/m1/s1. The van der Waals surface area contributed by atoms with Gasteiger partial charge in [0.25, 0.3) is 5.91 Å². The predicted octanol–water partition coefficient (Wildman–Crippen LogP) is 1.29. The van der Waals surface area contributed by atoms with Gasteiger partial charge in [-0.05, 0) is 26.7 Å². The summed E-state index contributed by atoms with van der Waals surface area (Å²) >= 11 is 0. The van der Waals surface area contributed by atoms with E-state index in [1.54, 1.807) is 13.8 Å². The van der Waals surface area contributed by atoms with Crippen LogP contribution in [0.1, 0.15) is 47.5 Å². The molecule has 0 saturated heterocycles. The van der Waals surface area contributed by atoms with Gasteiger partial charge in [0.2, 0.25) is 0 Å². The van der Waals surface area contributed by atoms with Crippen LogP contribution >= 0.6 is 0 Å². The van der Waals surface area contributed by atoms with Crippen molar-refractivity contribution >= 4 is 5.91 Å². The Balaban J connectivity index is 2.06. The van der Waals surface area contributed by atoms with Crippen molar-refractivity contribution in [3.63, 3.8) is 0 Å². The highest BCUT2D eigenvalue weighted by atomic mass is 16.5. The summed E-state index contributed by atoms with van der Waals surface area (Å²) in [7, 11) is 0. The second-order valence-electron chi connectivity index (χ2n) is 4.73. The van der Waals surface area contributed by atoms with Crippen molar-refractivity contribution in [2.24, 2.45) is 5.73 Å². The molecule has 0 aliphatic heterocycles. The second-order valence-corrected chi connectivity index (χ2v) is 4.73. The minimum absolute atomic E-state index is 0.0631. The highest BCUT2D eigenvalue weighted by Gasteiger charge is 2.26. The Kier molecular flexibility index (Phi) is 3.47. The fourth-order valence-electron chi connectivity index (χ4n) is 2.39. The third-order valence-corrected chi connectivity index (χ3v) is 3.40. The van der Waals surface area contributed by atoms with Gasteiger partial charge >= 0.3 is 0 Å². The number of aryl methyl sites for hydroxylation is 2. The first-order valence-electron chi connectivity index (χ1n) is 6.09. The van der Waals surface area contributed by atoms with E-state index in [1.807, 2.05) is 0 Å². The van der Waals surface area contributed by atoms with Crippen molar-refractivity contribution < 1.29 is 9.32 Å². The number of hydrogen-bond acceptors (Lipinski definition) is 4. The summed E-state index contributed by atoms with van der Waals surface area (Å²) < 4.78 is 4.99. The number of hydrogen-bond donors (Lipinski definition) is 2. The van der Waals surface area contributed by atoms with Crippen LogP contribution in [0.15, 0.2) is 4.52 Å². The van der Waals surface area contributed by atoms with Crippen molar-refractivity contribution in [2.45, 2.75) is 51.6 Å². The van der Waals surface area contributed by atoms with E-state index < -0.39 is 0 Å². The molecule has 0 bridgehead atoms. The van der Waals surface area contributed by atoms with Gasteiger partial charge in [-0.3, -0.25) is 4.79 Å². The Morgan fingerprint density at radius 3 is 2.71 bits per heavy atom. The number of nitrogens with zero attached hydrogens (tertiary/aromatic N) is 1. The molecule has 1 aliphatic carbocycles. The molecule has 0 aromatic carbocycles. The van der Waals surface area contributed by atoms with E-state index in [0.29, 0.717) is 17.0 Å². The lowest BCUT2D eigenvalue weighted by Gasteiger charge is -2.29. The molecule has 3 N–H and O–H groups in total. The molecule has 1 saturated carbocycles.